The van der Waals surface area contributed by atoms with E-state index in [1.165, 1.54) is 16.4 Å². The molecule has 1 rings (SSSR count). The van der Waals surface area contributed by atoms with Gasteiger partial charge in [0.25, 0.3) is 5.91 Å². The Morgan fingerprint density at radius 2 is 2.00 bits per heavy atom. The predicted molar refractivity (Wildman–Crippen MR) is 71.2 cm³/mol. The van der Waals surface area contributed by atoms with Gasteiger partial charge >= 0.3 is 0 Å². The van der Waals surface area contributed by atoms with Gasteiger partial charge in [0, 0.05) is 11.1 Å². The lowest BCUT2D eigenvalue weighted by Crippen LogP contribution is -2.29. The van der Waals surface area contributed by atoms with Crippen LogP contribution in [-0.2, 0) is 0 Å². The lowest BCUT2D eigenvalue weighted by molar-refractivity contribution is 0.0851. The Hall–Kier alpha value is -0.580. The third-order valence-electron chi connectivity index (χ3n) is 2.02. The highest BCUT2D eigenvalue weighted by molar-refractivity contribution is 7.78. The summed E-state index contributed by atoms with van der Waals surface area (Å²) in [6.45, 7) is 3.68. The molecule has 0 radical (unpaired) electrons. The molecule has 0 aliphatic heterocycles. The molecule has 2 N–H and O–H groups in total. The molecule has 6 heteroatoms. The maximum Gasteiger partial charge on any atom is 0.265 e. The van der Waals surface area contributed by atoms with Gasteiger partial charge in [0.15, 0.2) is 0 Å². The van der Waals surface area contributed by atoms with E-state index in [4.69, 9.17) is 28.9 Å². The molecule has 88 valence electrons. The van der Waals surface area contributed by atoms with Crippen molar-refractivity contribution < 1.29 is 4.79 Å². The lowest BCUT2D eigenvalue weighted by Gasteiger charge is -2.20. The van der Waals surface area contributed by atoms with Gasteiger partial charge in [0.05, 0.1) is 16.3 Å². The summed E-state index contributed by atoms with van der Waals surface area (Å²) in [6.07, 6.45) is 0. The maximum absolute atomic E-state index is 12.0. The summed E-state index contributed by atoms with van der Waals surface area (Å²) < 4.78 is 1.28. The first-order valence-corrected chi connectivity index (χ1v) is 5.77. The van der Waals surface area contributed by atoms with Crippen LogP contribution in [-0.4, -0.2) is 16.3 Å². The van der Waals surface area contributed by atoms with E-state index in [1.54, 1.807) is 0 Å². The van der Waals surface area contributed by atoms with Crippen LogP contribution in [0.5, 0.6) is 0 Å². The Balaban J connectivity index is 3.18. The third kappa shape index (κ3) is 2.75. The predicted octanol–water partition coefficient (Wildman–Crippen LogP) is 3.27. The number of carbonyl (C=O) groups is 1. The van der Waals surface area contributed by atoms with Crippen LogP contribution in [0.1, 0.15) is 24.2 Å². The maximum atomic E-state index is 12.0. The van der Waals surface area contributed by atoms with Crippen molar-refractivity contribution in [2.75, 3.05) is 5.73 Å². The Morgan fingerprint density at radius 3 is 2.50 bits per heavy atom. The first-order chi connectivity index (χ1) is 7.34. The Kier molecular flexibility index (Phi) is 4.35. The van der Waals surface area contributed by atoms with Crippen LogP contribution in [0.4, 0.5) is 5.69 Å². The van der Waals surface area contributed by atoms with E-state index in [2.05, 4.69) is 12.8 Å². The largest absolute Gasteiger partial charge is 0.397 e. The molecule has 1 amide bonds. The number of nitrogens with two attached hydrogens (primary N) is 1. The van der Waals surface area contributed by atoms with Crippen molar-refractivity contribution >= 4 is 47.6 Å². The number of nitrogens with zero attached hydrogens (tertiary/aromatic N) is 1. The van der Waals surface area contributed by atoms with Crippen LogP contribution in [0, 0.1) is 0 Å². The molecular formula is C10H12Cl2N2OS. The van der Waals surface area contributed by atoms with Crippen molar-refractivity contribution in [3.05, 3.63) is 27.7 Å². The highest BCUT2D eigenvalue weighted by atomic mass is 35.5. The molecule has 0 aliphatic carbocycles. The fourth-order valence-electron chi connectivity index (χ4n) is 1.12. The number of hydrogen-bond acceptors (Lipinski definition) is 3. The Labute approximate surface area is 110 Å². The van der Waals surface area contributed by atoms with Gasteiger partial charge in [-0.15, -0.1) is 0 Å². The average Bonchev–Trinajstić information content (AvgIpc) is 2.21. The third-order valence-corrected chi connectivity index (χ3v) is 3.20. The second-order valence-electron chi connectivity index (χ2n) is 3.59. The fourth-order valence-corrected chi connectivity index (χ4v) is 1.72. The topological polar surface area (TPSA) is 46.3 Å². The summed E-state index contributed by atoms with van der Waals surface area (Å²) in [6, 6.07) is 2.93. The van der Waals surface area contributed by atoms with E-state index in [0.29, 0.717) is 5.02 Å². The first-order valence-electron chi connectivity index (χ1n) is 4.61. The molecule has 16 heavy (non-hydrogen) atoms. The minimum absolute atomic E-state index is 0.0482. The SMILES string of the molecule is CC(C)N(S)C(=O)c1cc(Cl)cc(Cl)c1N. The van der Waals surface area contributed by atoms with E-state index in [9.17, 15) is 4.79 Å². The second kappa shape index (κ2) is 5.17. The van der Waals surface area contributed by atoms with Crippen molar-refractivity contribution in [3.63, 3.8) is 0 Å². The molecule has 0 spiro atoms. The monoisotopic (exact) mass is 278 g/mol. The zero-order chi connectivity index (χ0) is 12.5. The molecule has 0 saturated carbocycles. The number of rotatable bonds is 2. The van der Waals surface area contributed by atoms with Crippen LogP contribution in [0.25, 0.3) is 0 Å². The molecule has 0 unspecified atom stereocenters. The number of hydrogen-bond donors (Lipinski definition) is 2. The van der Waals surface area contributed by atoms with E-state index in [1.807, 2.05) is 13.8 Å². The van der Waals surface area contributed by atoms with Crippen molar-refractivity contribution in [1.82, 2.24) is 4.31 Å². The number of anilines is 1. The van der Waals surface area contributed by atoms with E-state index in [0.717, 1.165) is 0 Å². The molecule has 0 aromatic heterocycles. The normalized spacial score (nSPS) is 10.6. The van der Waals surface area contributed by atoms with Crippen LogP contribution < -0.4 is 5.73 Å². The van der Waals surface area contributed by atoms with Gasteiger partial charge in [0.1, 0.15) is 0 Å². The van der Waals surface area contributed by atoms with Crippen molar-refractivity contribution in [2.24, 2.45) is 0 Å². The molecule has 1 aromatic rings. The molecule has 3 nitrogen and oxygen atoms in total. The Bertz CT molecular complexity index is 424. The zero-order valence-electron chi connectivity index (χ0n) is 8.87. The van der Waals surface area contributed by atoms with Crippen LogP contribution in [0.2, 0.25) is 10.0 Å². The summed E-state index contributed by atoms with van der Waals surface area (Å²) in [4.78, 5) is 12.0. The van der Waals surface area contributed by atoms with Gasteiger partial charge < -0.3 is 5.73 Å². The highest BCUT2D eigenvalue weighted by Gasteiger charge is 2.19. The fraction of sp³-hybridized carbons (Fsp3) is 0.300. The van der Waals surface area contributed by atoms with Crippen molar-refractivity contribution in [2.45, 2.75) is 19.9 Å². The van der Waals surface area contributed by atoms with Gasteiger partial charge in [-0.3, -0.25) is 9.10 Å². The number of thiol groups is 1. The molecule has 0 atom stereocenters. The average molecular weight is 279 g/mol. The quantitative estimate of drug-likeness (QED) is 0.644. The second-order valence-corrected chi connectivity index (χ2v) is 4.87. The standard InChI is InChI=1S/C10H12Cl2N2OS/c1-5(2)14(16)10(15)7-3-6(11)4-8(12)9(7)13/h3-5,16H,13H2,1-2H3. The van der Waals surface area contributed by atoms with Gasteiger partial charge in [-0.2, -0.15) is 0 Å². The smallest absolute Gasteiger partial charge is 0.265 e. The number of nitrogen functional groups attached to an aromatic ring is 1. The summed E-state index contributed by atoms with van der Waals surface area (Å²) in [5.41, 5.74) is 6.20. The van der Waals surface area contributed by atoms with E-state index < -0.39 is 0 Å². The van der Waals surface area contributed by atoms with Gasteiger partial charge in [-0.05, 0) is 26.0 Å². The number of halogens is 2. The van der Waals surface area contributed by atoms with Crippen molar-refractivity contribution in [3.8, 4) is 0 Å². The summed E-state index contributed by atoms with van der Waals surface area (Å²) in [5, 5.41) is 0.634. The molecule has 0 bridgehead atoms. The van der Waals surface area contributed by atoms with Gasteiger partial charge in [-0.25, -0.2) is 0 Å². The number of carbonyl (C=O) groups excluding carboxylic acids is 1. The summed E-state index contributed by atoms with van der Waals surface area (Å²) in [5.74, 6) is -0.319. The van der Waals surface area contributed by atoms with E-state index in [-0.39, 0.29) is 28.2 Å². The van der Waals surface area contributed by atoms with Gasteiger partial charge in [-0.1, -0.05) is 36.0 Å². The van der Waals surface area contributed by atoms with Crippen molar-refractivity contribution in [1.29, 1.82) is 0 Å². The Morgan fingerprint density at radius 1 is 1.44 bits per heavy atom. The lowest BCUT2D eigenvalue weighted by atomic mass is 10.1. The highest BCUT2D eigenvalue weighted by Crippen LogP contribution is 2.29. The number of amides is 1. The minimum Gasteiger partial charge on any atom is -0.397 e. The summed E-state index contributed by atoms with van der Waals surface area (Å²) >= 11 is 15.7. The first kappa shape index (κ1) is 13.5. The molecular weight excluding hydrogens is 267 g/mol. The zero-order valence-corrected chi connectivity index (χ0v) is 11.3. The molecule has 0 aliphatic rings. The minimum atomic E-state index is -0.319. The summed E-state index contributed by atoms with van der Waals surface area (Å²) in [7, 11) is 0. The van der Waals surface area contributed by atoms with Crippen LogP contribution in [0.3, 0.4) is 0 Å². The van der Waals surface area contributed by atoms with Crippen LogP contribution >= 0.6 is 36.0 Å². The van der Waals surface area contributed by atoms with Gasteiger partial charge in [0.2, 0.25) is 0 Å². The number of benzene rings is 1. The van der Waals surface area contributed by atoms with E-state index >= 15 is 0 Å². The molecule has 0 fully saturated rings. The molecule has 1 aromatic carbocycles. The molecule has 0 heterocycles. The van der Waals surface area contributed by atoms with Crippen LogP contribution in [0.15, 0.2) is 12.1 Å². The molecule has 0 saturated heterocycles.